The summed E-state index contributed by atoms with van der Waals surface area (Å²) in [7, 11) is 0. The average Bonchev–Trinajstić information content (AvgIpc) is 2.86. The third-order valence-electron chi connectivity index (χ3n) is 8.93. The number of piperidine rings is 1. The fourth-order valence-electron chi connectivity index (χ4n) is 5.49. The highest BCUT2D eigenvalue weighted by Gasteiger charge is 2.45. The highest BCUT2D eigenvalue weighted by atomic mass is 15.3. The van der Waals surface area contributed by atoms with Gasteiger partial charge in [-0.15, -0.1) is 0 Å². The molecule has 0 aromatic heterocycles. The zero-order chi connectivity index (χ0) is 22.1. The Morgan fingerprint density at radius 3 is 1.83 bits per heavy atom. The Balaban J connectivity index is 1.94. The summed E-state index contributed by atoms with van der Waals surface area (Å²) in [6.45, 7) is 31.9. The Hall–Kier alpha value is -0.120. The van der Waals surface area contributed by atoms with Gasteiger partial charge in [0.25, 0.3) is 0 Å². The molecule has 0 atom stereocenters. The predicted octanol–water partition coefficient (Wildman–Crippen LogP) is 5.89. The van der Waals surface area contributed by atoms with Crippen molar-refractivity contribution < 1.29 is 0 Å². The third kappa shape index (κ3) is 6.20. The van der Waals surface area contributed by atoms with E-state index < -0.39 is 0 Å². The lowest BCUT2D eigenvalue weighted by molar-refractivity contribution is -0.0293. The average molecular weight is 408 g/mol. The molecule has 2 aliphatic heterocycles. The van der Waals surface area contributed by atoms with Gasteiger partial charge in [-0.05, 0) is 118 Å². The van der Waals surface area contributed by atoms with Gasteiger partial charge >= 0.3 is 0 Å². The summed E-state index contributed by atoms with van der Waals surface area (Å²) in [6, 6.07) is 0.677. The van der Waals surface area contributed by atoms with Crippen molar-refractivity contribution in [2.24, 2.45) is 10.8 Å². The highest BCUT2D eigenvalue weighted by Crippen LogP contribution is 2.50. The fraction of sp³-hybridized carbons (Fsp3) is 1.00. The molecule has 3 nitrogen and oxygen atoms in total. The lowest BCUT2D eigenvalue weighted by Crippen LogP contribution is -2.52. The first-order chi connectivity index (χ1) is 13.2. The lowest BCUT2D eigenvalue weighted by Gasteiger charge is -2.53. The van der Waals surface area contributed by atoms with Crippen molar-refractivity contribution in [2.45, 2.75) is 118 Å². The summed E-state index contributed by atoms with van der Waals surface area (Å²) in [4.78, 5) is 8.13. The summed E-state index contributed by atoms with van der Waals surface area (Å²) < 4.78 is 0. The summed E-state index contributed by atoms with van der Waals surface area (Å²) >= 11 is 0. The molecule has 0 saturated carbocycles. The van der Waals surface area contributed by atoms with Crippen LogP contribution in [0.4, 0.5) is 0 Å². The Labute approximate surface area is 183 Å². The maximum atomic E-state index is 2.79. The molecule has 0 bridgehead atoms. The van der Waals surface area contributed by atoms with Crippen LogP contribution < -0.4 is 0 Å². The molecule has 0 N–H and O–H groups in total. The summed E-state index contributed by atoms with van der Waals surface area (Å²) in [5.41, 5.74) is 1.46. The quantitative estimate of drug-likeness (QED) is 0.543. The standard InChI is InChI=1S/C26H53N3/c1-22(2)27-16-11-17-29(21-20-27)25(8,9)13-12-24(6,7)26(10)14-18-28(19-15-26)23(3,4)5/h22H,11-21H2,1-10H3. The molecule has 0 aromatic rings. The van der Waals surface area contributed by atoms with Gasteiger partial charge in [0.15, 0.2) is 0 Å². The van der Waals surface area contributed by atoms with E-state index in [0.717, 1.165) is 0 Å². The second kappa shape index (κ2) is 9.17. The van der Waals surface area contributed by atoms with Gasteiger partial charge in [0.1, 0.15) is 0 Å². The first kappa shape index (κ1) is 25.1. The van der Waals surface area contributed by atoms with Gasteiger partial charge in [0.05, 0.1) is 0 Å². The van der Waals surface area contributed by atoms with E-state index in [2.05, 4.69) is 83.9 Å². The van der Waals surface area contributed by atoms with Crippen LogP contribution in [0.1, 0.15) is 101 Å². The lowest BCUT2D eigenvalue weighted by atomic mass is 9.59. The molecule has 0 spiro atoms. The van der Waals surface area contributed by atoms with Crippen LogP contribution in [0.25, 0.3) is 0 Å². The Bertz CT molecular complexity index is 507. The van der Waals surface area contributed by atoms with Gasteiger partial charge in [0, 0.05) is 30.2 Å². The van der Waals surface area contributed by atoms with Gasteiger partial charge in [-0.25, -0.2) is 0 Å². The van der Waals surface area contributed by atoms with Crippen molar-refractivity contribution in [3.05, 3.63) is 0 Å². The summed E-state index contributed by atoms with van der Waals surface area (Å²) in [5, 5.41) is 0. The zero-order valence-corrected chi connectivity index (χ0v) is 21.7. The van der Waals surface area contributed by atoms with E-state index in [0.29, 0.717) is 27.9 Å². The summed E-state index contributed by atoms with van der Waals surface area (Å²) in [5.74, 6) is 0. The molecule has 2 rings (SSSR count). The van der Waals surface area contributed by atoms with Gasteiger partial charge < -0.3 is 0 Å². The molecular formula is C26H53N3. The third-order valence-corrected chi connectivity index (χ3v) is 8.93. The topological polar surface area (TPSA) is 9.72 Å². The Morgan fingerprint density at radius 1 is 0.724 bits per heavy atom. The molecule has 2 heterocycles. The van der Waals surface area contributed by atoms with Crippen molar-refractivity contribution in [3.8, 4) is 0 Å². The molecular weight excluding hydrogens is 354 g/mol. The van der Waals surface area contributed by atoms with Crippen LogP contribution in [0.3, 0.4) is 0 Å². The van der Waals surface area contributed by atoms with Crippen LogP contribution in [0.2, 0.25) is 0 Å². The molecule has 0 aromatic carbocycles. The van der Waals surface area contributed by atoms with Gasteiger partial charge in [-0.3, -0.25) is 14.7 Å². The largest absolute Gasteiger partial charge is 0.300 e. The normalized spacial score (nSPS) is 24.1. The van der Waals surface area contributed by atoms with Gasteiger partial charge in [-0.1, -0.05) is 20.8 Å². The van der Waals surface area contributed by atoms with Crippen LogP contribution in [0, 0.1) is 10.8 Å². The zero-order valence-electron chi connectivity index (χ0n) is 21.7. The minimum atomic E-state index is 0.298. The maximum absolute atomic E-state index is 2.79. The smallest absolute Gasteiger partial charge is 0.0154 e. The molecule has 0 aliphatic carbocycles. The van der Waals surface area contributed by atoms with Crippen LogP contribution in [0.15, 0.2) is 0 Å². The molecule has 0 unspecified atom stereocenters. The minimum absolute atomic E-state index is 0.298. The van der Waals surface area contributed by atoms with E-state index in [4.69, 9.17) is 0 Å². The van der Waals surface area contributed by atoms with E-state index in [1.165, 1.54) is 71.4 Å². The Morgan fingerprint density at radius 2 is 1.31 bits per heavy atom. The van der Waals surface area contributed by atoms with E-state index in [9.17, 15) is 0 Å². The van der Waals surface area contributed by atoms with E-state index in [1.807, 2.05) is 0 Å². The summed E-state index contributed by atoms with van der Waals surface area (Å²) in [6.07, 6.45) is 6.62. The van der Waals surface area contributed by atoms with Crippen molar-refractivity contribution in [1.29, 1.82) is 0 Å². The number of rotatable bonds is 6. The van der Waals surface area contributed by atoms with Crippen molar-refractivity contribution in [1.82, 2.24) is 14.7 Å². The van der Waals surface area contributed by atoms with Crippen molar-refractivity contribution >= 4 is 0 Å². The van der Waals surface area contributed by atoms with Crippen LogP contribution >= 0.6 is 0 Å². The second-order valence-electron chi connectivity index (χ2n) is 12.9. The molecule has 0 radical (unpaired) electrons. The minimum Gasteiger partial charge on any atom is -0.300 e. The number of likely N-dealkylation sites (tertiary alicyclic amines) is 1. The van der Waals surface area contributed by atoms with E-state index >= 15 is 0 Å². The van der Waals surface area contributed by atoms with E-state index in [-0.39, 0.29) is 0 Å². The van der Waals surface area contributed by atoms with Crippen LogP contribution in [-0.2, 0) is 0 Å². The molecule has 172 valence electrons. The highest BCUT2D eigenvalue weighted by molar-refractivity contribution is 4.97. The van der Waals surface area contributed by atoms with Crippen LogP contribution in [-0.4, -0.2) is 71.1 Å². The van der Waals surface area contributed by atoms with Crippen molar-refractivity contribution in [2.75, 3.05) is 39.3 Å². The molecule has 29 heavy (non-hydrogen) atoms. The molecule has 0 amide bonds. The number of hydrogen-bond acceptors (Lipinski definition) is 3. The first-order valence-corrected chi connectivity index (χ1v) is 12.4. The number of nitrogens with zero attached hydrogens (tertiary/aromatic N) is 3. The van der Waals surface area contributed by atoms with E-state index in [1.54, 1.807) is 0 Å². The predicted molar refractivity (Wildman–Crippen MR) is 129 cm³/mol. The maximum Gasteiger partial charge on any atom is 0.0154 e. The number of hydrogen-bond donors (Lipinski definition) is 0. The fourth-order valence-corrected chi connectivity index (χ4v) is 5.49. The van der Waals surface area contributed by atoms with Gasteiger partial charge in [-0.2, -0.15) is 0 Å². The van der Waals surface area contributed by atoms with Crippen LogP contribution in [0.5, 0.6) is 0 Å². The molecule has 2 aliphatic rings. The monoisotopic (exact) mass is 407 g/mol. The molecule has 3 heteroatoms. The first-order valence-electron chi connectivity index (χ1n) is 12.4. The second-order valence-corrected chi connectivity index (χ2v) is 12.9. The van der Waals surface area contributed by atoms with Gasteiger partial charge in [0.2, 0.25) is 0 Å². The SMILES string of the molecule is CC(C)N1CCCN(C(C)(C)CCC(C)(C)C2(C)CCN(C(C)(C)C)CC2)CC1. The van der Waals surface area contributed by atoms with Crippen molar-refractivity contribution in [3.63, 3.8) is 0 Å². The molecule has 2 fully saturated rings. The molecule has 2 saturated heterocycles. The Kier molecular flexibility index (Phi) is 7.95.